The molecule has 0 bridgehead atoms. The molecule has 0 atom stereocenters. The van der Waals surface area contributed by atoms with Gasteiger partial charge in [0.2, 0.25) is 5.91 Å². The average molecular weight is 187 g/mol. The predicted molar refractivity (Wildman–Crippen MR) is 53.6 cm³/mol. The highest BCUT2D eigenvalue weighted by atomic mass is 16.5. The van der Waals surface area contributed by atoms with Gasteiger partial charge in [0, 0.05) is 19.6 Å². The Balaban J connectivity index is 3.56. The summed E-state index contributed by atoms with van der Waals surface area (Å²) in [5.41, 5.74) is -0.129. The molecule has 0 heterocycles. The second-order valence-corrected chi connectivity index (χ2v) is 3.65. The average Bonchev–Trinajstić information content (AvgIpc) is 2.03. The van der Waals surface area contributed by atoms with E-state index in [2.05, 4.69) is 5.32 Å². The summed E-state index contributed by atoms with van der Waals surface area (Å²) >= 11 is 0. The largest absolute Gasteiger partial charge is 0.376 e. The quantitative estimate of drug-likeness (QED) is 0.687. The summed E-state index contributed by atoms with van der Waals surface area (Å²) in [6.45, 7) is 9.31. The Morgan fingerprint density at radius 3 is 2.46 bits per heavy atom. The lowest BCUT2D eigenvalue weighted by molar-refractivity contribution is -0.121. The molecule has 0 saturated heterocycles. The van der Waals surface area contributed by atoms with Crippen LogP contribution in [-0.2, 0) is 9.53 Å². The molecule has 1 N–H and O–H groups in total. The van der Waals surface area contributed by atoms with Crippen LogP contribution in [0.25, 0.3) is 0 Å². The van der Waals surface area contributed by atoms with Crippen LogP contribution in [-0.4, -0.2) is 24.7 Å². The molecule has 0 aromatic heterocycles. The van der Waals surface area contributed by atoms with Crippen LogP contribution in [0.4, 0.5) is 0 Å². The van der Waals surface area contributed by atoms with Crippen molar-refractivity contribution in [3.8, 4) is 0 Å². The summed E-state index contributed by atoms with van der Waals surface area (Å²) < 4.78 is 5.49. The second kappa shape index (κ2) is 5.97. The number of carbonyl (C=O) groups is 1. The Morgan fingerprint density at radius 2 is 2.00 bits per heavy atom. The maximum atomic E-state index is 10.9. The van der Waals surface area contributed by atoms with Crippen LogP contribution < -0.4 is 5.32 Å². The van der Waals surface area contributed by atoms with Crippen LogP contribution in [0.15, 0.2) is 0 Å². The molecule has 0 radical (unpaired) electrons. The molecule has 0 fully saturated rings. The molecule has 0 rings (SSSR count). The zero-order chi connectivity index (χ0) is 10.3. The van der Waals surface area contributed by atoms with Crippen molar-refractivity contribution in [1.29, 1.82) is 0 Å². The maximum Gasteiger partial charge on any atom is 0.219 e. The summed E-state index contributed by atoms with van der Waals surface area (Å²) in [5.74, 6) is 0.104. The molecular formula is C10H21NO2. The number of amides is 1. The Labute approximate surface area is 80.8 Å². The van der Waals surface area contributed by atoms with E-state index in [9.17, 15) is 4.79 Å². The van der Waals surface area contributed by atoms with Gasteiger partial charge in [0.15, 0.2) is 0 Å². The fourth-order valence-corrected chi connectivity index (χ4v) is 1.09. The zero-order valence-electron chi connectivity index (χ0n) is 9.14. The molecule has 0 aromatic rings. The number of nitrogens with one attached hydrogen (secondary N) is 1. The lowest BCUT2D eigenvalue weighted by Gasteiger charge is -2.24. The molecule has 1 amide bonds. The first kappa shape index (κ1) is 12.4. The lowest BCUT2D eigenvalue weighted by atomic mass is 10.1. The smallest absolute Gasteiger partial charge is 0.219 e. The second-order valence-electron chi connectivity index (χ2n) is 3.65. The number of hydrogen-bond acceptors (Lipinski definition) is 2. The zero-order valence-corrected chi connectivity index (χ0v) is 9.14. The fraction of sp³-hybridized carbons (Fsp3) is 0.900. The summed E-state index contributed by atoms with van der Waals surface area (Å²) in [6.07, 6.45) is 1.40. The fourth-order valence-electron chi connectivity index (χ4n) is 1.09. The lowest BCUT2D eigenvalue weighted by Crippen LogP contribution is -2.32. The summed E-state index contributed by atoms with van der Waals surface area (Å²) in [7, 11) is 0. The highest BCUT2D eigenvalue weighted by Gasteiger charge is 2.16. The number of hydrogen-bond donors (Lipinski definition) is 1. The van der Waals surface area contributed by atoms with E-state index in [1.165, 1.54) is 0 Å². The third-order valence-electron chi connectivity index (χ3n) is 1.91. The molecule has 0 aliphatic carbocycles. The van der Waals surface area contributed by atoms with E-state index in [1.807, 2.05) is 27.7 Å². The first-order valence-electron chi connectivity index (χ1n) is 4.92. The van der Waals surface area contributed by atoms with Crippen molar-refractivity contribution < 1.29 is 9.53 Å². The molecule has 13 heavy (non-hydrogen) atoms. The third-order valence-corrected chi connectivity index (χ3v) is 1.91. The molecule has 0 spiro atoms. The van der Waals surface area contributed by atoms with Gasteiger partial charge in [-0.15, -0.1) is 0 Å². The normalized spacial score (nSPS) is 11.4. The van der Waals surface area contributed by atoms with Gasteiger partial charge >= 0.3 is 0 Å². The molecule has 3 heteroatoms. The molecule has 3 nitrogen and oxygen atoms in total. The Morgan fingerprint density at radius 1 is 1.38 bits per heavy atom. The molecular weight excluding hydrogens is 166 g/mol. The Hall–Kier alpha value is -0.570. The van der Waals surface area contributed by atoms with E-state index in [0.717, 1.165) is 6.42 Å². The van der Waals surface area contributed by atoms with Crippen LogP contribution >= 0.6 is 0 Å². The van der Waals surface area contributed by atoms with Gasteiger partial charge in [-0.2, -0.15) is 0 Å². The minimum Gasteiger partial charge on any atom is -0.376 e. The van der Waals surface area contributed by atoms with E-state index in [-0.39, 0.29) is 11.5 Å². The molecule has 0 aromatic carbocycles. The summed E-state index contributed by atoms with van der Waals surface area (Å²) in [5, 5.41) is 2.83. The van der Waals surface area contributed by atoms with Gasteiger partial charge in [-0.3, -0.25) is 4.79 Å². The first-order chi connectivity index (χ1) is 6.02. The van der Waals surface area contributed by atoms with Gasteiger partial charge in [0.05, 0.1) is 5.60 Å². The van der Waals surface area contributed by atoms with Gasteiger partial charge in [0.1, 0.15) is 0 Å². The summed E-state index contributed by atoms with van der Waals surface area (Å²) in [4.78, 5) is 10.9. The third kappa shape index (κ3) is 6.58. The van der Waals surface area contributed by atoms with Gasteiger partial charge in [-0.05, 0) is 27.2 Å². The van der Waals surface area contributed by atoms with Gasteiger partial charge in [0.25, 0.3) is 0 Å². The van der Waals surface area contributed by atoms with Crippen LogP contribution in [0.1, 0.15) is 40.5 Å². The van der Waals surface area contributed by atoms with Gasteiger partial charge in [-0.25, -0.2) is 0 Å². The van der Waals surface area contributed by atoms with E-state index in [4.69, 9.17) is 4.74 Å². The van der Waals surface area contributed by atoms with Crippen molar-refractivity contribution >= 4 is 5.91 Å². The highest BCUT2D eigenvalue weighted by Crippen LogP contribution is 2.12. The van der Waals surface area contributed by atoms with Crippen molar-refractivity contribution in [3.63, 3.8) is 0 Å². The van der Waals surface area contributed by atoms with Gasteiger partial charge in [-0.1, -0.05) is 6.92 Å². The van der Waals surface area contributed by atoms with Crippen LogP contribution in [0.5, 0.6) is 0 Å². The molecule has 0 aliphatic rings. The van der Waals surface area contributed by atoms with Crippen molar-refractivity contribution in [1.82, 2.24) is 5.32 Å². The monoisotopic (exact) mass is 187 g/mol. The van der Waals surface area contributed by atoms with Crippen molar-refractivity contribution in [2.75, 3.05) is 13.2 Å². The number of rotatable bonds is 6. The topological polar surface area (TPSA) is 38.3 Å². The van der Waals surface area contributed by atoms with Crippen molar-refractivity contribution in [3.05, 3.63) is 0 Å². The molecule has 0 aliphatic heterocycles. The molecule has 0 unspecified atom stereocenters. The van der Waals surface area contributed by atoms with E-state index in [1.54, 1.807) is 0 Å². The van der Waals surface area contributed by atoms with Crippen LogP contribution in [0.2, 0.25) is 0 Å². The van der Waals surface area contributed by atoms with Crippen LogP contribution in [0, 0.1) is 0 Å². The minimum atomic E-state index is -0.129. The minimum absolute atomic E-state index is 0.104. The Kier molecular flexibility index (Phi) is 5.71. The Bertz CT molecular complexity index is 155. The predicted octanol–water partition coefficient (Wildman–Crippen LogP) is 1.72. The highest BCUT2D eigenvalue weighted by molar-refractivity contribution is 5.75. The van der Waals surface area contributed by atoms with E-state index >= 15 is 0 Å². The maximum absolute atomic E-state index is 10.9. The van der Waals surface area contributed by atoms with E-state index < -0.39 is 0 Å². The number of ether oxygens (including phenoxy) is 1. The standard InChI is InChI=1S/C10H21NO2/c1-5-9(12)11-8-7-10(3,4)13-6-2/h5-8H2,1-4H3,(H,11,12). The van der Waals surface area contributed by atoms with Crippen LogP contribution in [0.3, 0.4) is 0 Å². The SMILES string of the molecule is CCOC(C)(C)CCNC(=O)CC. The van der Waals surface area contributed by atoms with Crippen molar-refractivity contribution in [2.24, 2.45) is 0 Å². The number of carbonyl (C=O) groups excluding carboxylic acids is 1. The first-order valence-corrected chi connectivity index (χ1v) is 4.92. The molecule has 78 valence electrons. The summed E-state index contributed by atoms with van der Waals surface area (Å²) in [6, 6.07) is 0. The van der Waals surface area contributed by atoms with E-state index in [0.29, 0.717) is 19.6 Å². The molecule has 0 saturated carbocycles. The van der Waals surface area contributed by atoms with Gasteiger partial charge < -0.3 is 10.1 Å². The van der Waals surface area contributed by atoms with Crippen molar-refractivity contribution in [2.45, 2.75) is 46.1 Å².